The van der Waals surface area contributed by atoms with Crippen molar-refractivity contribution in [1.29, 1.82) is 0 Å². The predicted molar refractivity (Wildman–Crippen MR) is 55.3 cm³/mol. The van der Waals surface area contributed by atoms with Crippen LogP contribution in [0.25, 0.3) is 10.9 Å². The molecule has 0 aliphatic heterocycles. The van der Waals surface area contributed by atoms with E-state index in [2.05, 4.69) is 23.8 Å². The number of nitrogens with zero attached hydrogens (tertiary/aromatic N) is 2. The summed E-state index contributed by atoms with van der Waals surface area (Å²) in [5.74, 6) is 0.621. The fourth-order valence-electron chi connectivity index (χ4n) is 1.56. The first-order chi connectivity index (χ1) is 6.68. The molecule has 1 aromatic carbocycles. The van der Waals surface area contributed by atoms with Crippen LogP contribution in [0.4, 0.5) is 0 Å². The van der Waals surface area contributed by atoms with E-state index in [1.165, 1.54) is 6.33 Å². The Morgan fingerprint density at radius 3 is 2.79 bits per heavy atom. The molecule has 0 fully saturated rings. The molecule has 0 saturated heterocycles. The summed E-state index contributed by atoms with van der Waals surface area (Å²) in [5, 5.41) is 10.4. The fraction of sp³-hybridized carbons (Fsp3) is 0.273. The van der Waals surface area contributed by atoms with E-state index in [9.17, 15) is 5.11 Å². The van der Waals surface area contributed by atoms with Gasteiger partial charge in [0.2, 0.25) is 0 Å². The molecule has 0 atom stereocenters. The van der Waals surface area contributed by atoms with Gasteiger partial charge in [-0.25, -0.2) is 9.97 Å². The van der Waals surface area contributed by atoms with Crippen LogP contribution in [0, 0.1) is 0 Å². The molecule has 14 heavy (non-hydrogen) atoms. The van der Waals surface area contributed by atoms with Gasteiger partial charge in [-0.1, -0.05) is 13.8 Å². The molecule has 2 aromatic rings. The lowest BCUT2D eigenvalue weighted by Crippen LogP contribution is -1.92. The number of aromatic hydroxyl groups is 1. The summed E-state index contributed by atoms with van der Waals surface area (Å²) >= 11 is 0. The summed E-state index contributed by atoms with van der Waals surface area (Å²) in [5.41, 5.74) is 1.98. The van der Waals surface area contributed by atoms with Gasteiger partial charge in [0.25, 0.3) is 0 Å². The monoisotopic (exact) mass is 188 g/mol. The molecular weight excluding hydrogens is 176 g/mol. The zero-order valence-electron chi connectivity index (χ0n) is 8.23. The van der Waals surface area contributed by atoms with E-state index in [1.807, 2.05) is 0 Å². The Morgan fingerprint density at radius 2 is 2.07 bits per heavy atom. The predicted octanol–water partition coefficient (Wildman–Crippen LogP) is 2.46. The quantitative estimate of drug-likeness (QED) is 0.747. The van der Waals surface area contributed by atoms with Crippen molar-refractivity contribution in [2.45, 2.75) is 19.8 Å². The minimum absolute atomic E-state index is 0.274. The normalized spacial score (nSPS) is 11.1. The van der Waals surface area contributed by atoms with Gasteiger partial charge in [0, 0.05) is 11.6 Å². The van der Waals surface area contributed by atoms with Crippen molar-refractivity contribution in [3.63, 3.8) is 0 Å². The highest BCUT2D eigenvalue weighted by Crippen LogP contribution is 2.27. The fourth-order valence-corrected chi connectivity index (χ4v) is 1.56. The molecule has 3 heteroatoms. The van der Waals surface area contributed by atoms with Crippen LogP contribution in [0.15, 0.2) is 24.7 Å². The van der Waals surface area contributed by atoms with Crippen LogP contribution in [0.5, 0.6) is 5.75 Å². The van der Waals surface area contributed by atoms with Gasteiger partial charge in [-0.05, 0) is 23.6 Å². The largest absolute Gasteiger partial charge is 0.508 e. The van der Waals surface area contributed by atoms with Crippen LogP contribution in [0.2, 0.25) is 0 Å². The van der Waals surface area contributed by atoms with Crippen LogP contribution in [0.1, 0.15) is 25.3 Å². The molecule has 72 valence electrons. The maximum absolute atomic E-state index is 9.50. The van der Waals surface area contributed by atoms with Crippen molar-refractivity contribution < 1.29 is 5.11 Å². The first-order valence-electron chi connectivity index (χ1n) is 4.61. The minimum atomic E-state index is 0.274. The molecule has 0 radical (unpaired) electrons. The summed E-state index contributed by atoms with van der Waals surface area (Å²) in [7, 11) is 0. The van der Waals surface area contributed by atoms with Gasteiger partial charge < -0.3 is 5.11 Å². The highest BCUT2D eigenvalue weighted by molar-refractivity contribution is 5.82. The van der Waals surface area contributed by atoms with Crippen molar-refractivity contribution >= 4 is 10.9 Å². The highest BCUT2D eigenvalue weighted by Gasteiger charge is 2.07. The number of fused-ring (bicyclic) bond motifs is 1. The summed E-state index contributed by atoms with van der Waals surface area (Å²) in [6.07, 6.45) is 3.25. The molecule has 0 aliphatic rings. The lowest BCUT2D eigenvalue weighted by Gasteiger charge is -2.08. The Kier molecular flexibility index (Phi) is 2.08. The average Bonchev–Trinajstić information content (AvgIpc) is 2.16. The van der Waals surface area contributed by atoms with Gasteiger partial charge in [-0.3, -0.25) is 0 Å². The number of phenols is 1. The van der Waals surface area contributed by atoms with Crippen LogP contribution in [0.3, 0.4) is 0 Å². The van der Waals surface area contributed by atoms with E-state index in [0.29, 0.717) is 5.92 Å². The van der Waals surface area contributed by atoms with E-state index in [-0.39, 0.29) is 5.75 Å². The second-order valence-electron chi connectivity index (χ2n) is 3.65. The van der Waals surface area contributed by atoms with E-state index < -0.39 is 0 Å². The Labute approximate surface area is 82.4 Å². The van der Waals surface area contributed by atoms with E-state index in [0.717, 1.165) is 16.5 Å². The minimum Gasteiger partial charge on any atom is -0.508 e. The zero-order chi connectivity index (χ0) is 10.1. The molecule has 1 N–H and O–H groups in total. The molecule has 0 aliphatic carbocycles. The van der Waals surface area contributed by atoms with Crippen LogP contribution in [-0.2, 0) is 0 Å². The van der Waals surface area contributed by atoms with E-state index >= 15 is 0 Å². The summed E-state index contributed by atoms with van der Waals surface area (Å²) in [6.45, 7) is 4.16. The molecule has 0 spiro atoms. The van der Waals surface area contributed by atoms with Gasteiger partial charge in [0.1, 0.15) is 12.1 Å². The van der Waals surface area contributed by atoms with Gasteiger partial charge >= 0.3 is 0 Å². The SMILES string of the molecule is CC(C)c1cc(O)cc2cncnc12. The molecule has 2 rings (SSSR count). The second-order valence-corrected chi connectivity index (χ2v) is 3.65. The topological polar surface area (TPSA) is 46.0 Å². The van der Waals surface area contributed by atoms with Crippen LogP contribution in [-0.4, -0.2) is 15.1 Å². The number of hydrogen-bond donors (Lipinski definition) is 1. The van der Waals surface area contributed by atoms with Crippen LogP contribution >= 0.6 is 0 Å². The zero-order valence-corrected chi connectivity index (χ0v) is 8.23. The third kappa shape index (κ3) is 1.41. The molecule has 0 unspecified atom stereocenters. The number of aromatic nitrogens is 2. The molecule has 0 bridgehead atoms. The Hall–Kier alpha value is -1.64. The van der Waals surface area contributed by atoms with Crippen molar-refractivity contribution in [2.24, 2.45) is 0 Å². The summed E-state index contributed by atoms with van der Waals surface area (Å²) < 4.78 is 0. The van der Waals surface area contributed by atoms with Crippen molar-refractivity contribution in [3.05, 3.63) is 30.2 Å². The third-order valence-corrected chi connectivity index (χ3v) is 2.24. The van der Waals surface area contributed by atoms with E-state index in [4.69, 9.17) is 0 Å². The smallest absolute Gasteiger partial charge is 0.116 e. The Bertz CT molecular complexity index is 466. The van der Waals surface area contributed by atoms with E-state index in [1.54, 1.807) is 18.3 Å². The third-order valence-electron chi connectivity index (χ3n) is 2.24. The number of phenolic OH excluding ortho intramolecular Hbond substituents is 1. The Balaban J connectivity index is 2.80. The number of benzene rings is 1. The first-order valence-corrected chi connectivity index (χ1v) is 4.61. The number of rotatable bonds is 1. The van der Waals surface area contributed by atoms with Crippen LogP contribution < -0.4 is 0 Å². The molecule has 0 saturated carbocycles. The second kappa shape index (κ2) is 3.25. The molecular formula is C11H12N2O. The Morgan fingerprint density at radius 1 is 1.29 bits per heavy atom. The first kappa shape index (κ1) is 8.94. The average molecular weight is 188 g/mol. The molecule has 1 heterocycles. The van der Waals surface area contributed by atoms with Crippen molar-refractivity contribution in [1.82, 2.24) is 9.97 Å². The van der Waals surface area contributed by atoms with Gasteiger partial charge in [-0.2, -0.15) is 0 Å². The molecule has 3 nitrogen and oxygen atoms in total. The molecule has 1 aromatic heterocycles. The lowest BCUT2D eigenvalue weighted by atomic mass is 10.00. The van der Waals surface area contributed by atoms with Crippen molar-refractivity contribution in [3.8, 4) is 5.75 Å². The maximum atomic E-state index is 9.50. The standard InChI is InChI=1S/C11H12N2O/c1-7(2)10-4-9(14)3-8-5-12-6-13-11(8)10/h3-7,14H,1-2H3. The lowest BCUT2D eigenvalue weighted by molar-refractivity contribution is 0.475. The van der Waals surface area contributed by atoms with Crippen molar-refractivity contribution in [2.75, 3.05) is 0 Å². The summed E-state index contributed by atoms with van der Waals surface area (Å²) in [4.78, 5) is 8.15. The van der Waals surface area contributed by atoms with Gasteiger partial charge in [-0.15, -0.1) is 0 Å². The van der Waals surface area contributed by atoms with Gasteiger partial charge in [0.15, 0.2) is 0 Å². The highest BCUT2D eigenvalue weighted by atomic mass is 16.3. The molecule has 0 amide bonds. The maximum Gasteiger partial charge on any atom is 0.116 e. The summed E-state index contributed by atoms with van der Waals surface area (Å²) in [6, 6.07) is 3.45. The van der Waals surface area contributed by atoms with Gasteiger partial charge in [0.05, 0.1) is 5.52 Å². The number of hydrogen-bond acceptors (Lipinski definition) is 3.